The van der Waals surface area contributed by atoms with E-state index >= 15 is 0 Å². The van der Waals surface area contributed by atoms with Crippen molar-refractivity contribution >= 4 is 17.8 Å². The van der Waals surface area contributed by atoms with Crippen LogP contribution < -0.4 is 0 Å². The fourth-order valence-corrected chi connectivity index (χ4v) is 6.14. The molecule has 31 heavy (non-hydrogen) atoms. The van der Waals surface area contributed by atoms with Crippen LogP contribution in [0.15, 0.2) is 12.7 Å². The summed E-state index contributed by atoms with van der Waals surface area (Å²) in [5.74, 6) is -3.78. The van der Waals surface area contributed by atoms with Crippen LogP contribution in [0.4, 0.5) is 0 Å². The number of hydrogen-bond acceptors (Lipinski definition) is 5. The summed E-state index contributed by atoms with van der Waals surface area (Å²) >= 11 is 0. The number of carbonyl (C=O) groups excluding carboxylic acids is 2. The zero-order chi connectivity index (χ0) is 23.3. The molecule has 3 aliphatic heterocycles. The van der Waals surface area contributed by atoms with Gasteiger partial charge in [-0.05, 0) is 39.0 Å². The second kappa shape index (κ2) is 8.20. The molecule has 1 spiro atoms. The molecule has 6 atom stereocenters. The predicted molar refractivity (Wildman–Crippen MR) is 114 cm³/mol. The molecule has 3 aliphatic rings. The summed E-state index contributed by atoms with van der Waals surface area (Å²) in [4.78, 5) is 43.2. The van der Waals surface area contributed by atoms with E-state index in [1.54, 1.807) is 11.0 Å². The molecular weight excluding hydrogens is 400 g/mol. The molecule has 0 radical (unpaired) electrons. The summed E-state index contributed by atoms with van der Waals surface area (Å²) in [7, 11) is 0. The van der Waals surface area contributed by atoms with Crippen LogP contribution in [0.3, 0.4) is 0 Å². The molecule has 2 unspecified atom stereocenters. The number of aliphatic hydroxyl groups excluding tert-OH is 1. The van der Waals surface area contributed by atoms with Crippen LogP contribution in [-0.2, 0) is 19.1 Å². The number of aliphatic carboxylic acids is 1. The Balaban J connectivity index is 2.19. The van der Waals surface area contributed by atoms with Crippen molar-refractivity contribution in [3.8, 4) is 0 Å². The maximum Gasteiger partial charge on any atom is 0.310 e. The largest absolute Gasteiger partial charge is 0.481 e. The molecule has 0 aromatic heterocycles. The summed E-state index contributed by atoms with van der Waals surface area (Å²) in [6, 6.07) is -1.71. The Bertz CT molecular complexity index is 767. The van der Waals surface area contributed by atoms with Gasteiger partial charge < -0.3 is 24.7 Å². The number of hydrogen-bond donors (Lipinski definition) is 2. The number of ether oxygens (including phenoxy) is 1. The summed E-state index contributed by atoms with van der Waals surface area (Å²) in [5, 5.41) is 20.2. The molecule has 8 nitrogen and oxygen atoms in total. The van der Waals surface area contributed by atoms with Gasteiger partial charge in [0.1, 0.15) is 17.6 Å². The minimum Gasteiger partial charge on any atom is -0.481 e. The van der Waals surface area contributed by atoms with E-state index < -0.39 is 47.0 Å². The number of fused-ring (bicyclic) bond motifs is 1. The van der Waals surface area contributed by atoms with Gasteiger partial charge in [-0.25, -0.2) is 0 Å². The van der Waals surface area contributed by atoms with Gasteiger partial charge in [0.25, 0.3) is 0 Å². The number of amides is 2. The normalized spacial score (nSPS) is 35.0. The molecule has 2 bridgehead atoms. The summed E-state index contributed by atoms with van der Waals surface area (Å²) < 4.78 is 6.51. The van der Waals surface area contributed by atoms with Crippen molar-refractivity contribution < 1.29 is 29.3 Å². The first kappa shape index (κ1) is 23.7. The predicted octanol–water partition coefficient (Wildman–Crippen LogP) is 1.67. The topological polar surface area (TPSA) is 107 Å². The molecular formula is C23H36N2O6. The van der Waals surface area contributed by atoms with Gasteiger partial charge in [-0.3, -0.25) is 14.4 Å². The monoisotopic (exact) mass is 436 g/mol. The number of likely N-dealkylation sites (tertiary alicyclic amines) is 1. The van der Waals surface area contributed by atoms with E-state index in [1.807, 2.05) is 34.6 Å². The quantitative estimate of drug-likeness (QED) is 0.533. The number of rotatable bonds is 9. The van der Waals surface area contributed by atoms with E-state index in [0.29, 0.717) is 25.8 Å². The molecule has 3 rings (SSSR count). The van der Waals surface area contributed by atoms with Crippen LogP contribution >= 0.6 is 0 Å². The van der Waals surface area contributed by atoms with Gasteiger partial charge in [-0.1, -0.05) is 26.8 Å². The Morgan fingerprint density at radius 2 is 1.97 bits per heavy atom. The van der Waals surface area contributed by atoms with E-state index in [1.165, 1.54) is 4.90 Å². The maximum absolute atomic E-state index is 13.9. The molecule has 2 N–H and O–H groups in total. The van der Waals surface area contributed by atoms with E-state index in [-0.39, 0.29) is 24.5 Å². The highest BCUT2D eigenvalue weighted by molar-refractivity contribution is 5.98. The van der Waals surface area contributed by atoms with Gasteiger partial charge in [0.15, 0.2) is 0 Å². The van der Waals surface area contributed by atoms with Crippen molar-refractivity contribution in [2.24, 2.45) is 17.8 Å². The van der Waals surface area contributed by atoms with E-state index in [0.717, 1.165) is 0 Å². The molecule has 0 aliphatic carbocycles. The molecule has 3 saturated heterocycles. The highest BCUT2D eigenvalue weighted by Crippen LogP contribution is 2.64. The lowest BCUT2D eigenvalue weighted by Gasteiger charge is -2.41. The van der Waals surface area contributed by atoms with Gasteiger partial charge in [-0.15, -0.1) is 6.58 Å². The lowest BCUT2D eigenvalue weighted by atomic mass is 9.65. The minimum atomic E-state index is -1.19. The number of carboxylic acid groups (broad SMARTS) is 1. The Kier molecular flexibility index (Phi) is 6.28. The van der Waals surface area contributed by atoms with Crippen molar-refractivity contribution in [3.05, 3.63) is 12.7 Å². The van der Waals surface area contributed by atoms with Gasteiger partial charge in [-0.2, -0.15) is 0 Å². The number of nitrogens with zero attached hydrogens (tertiary/aromatic N) is 2. The highest BCUT2D eigenvalue weighted by Gasteiger charge is 2.79. The van der Waals surface area contributed by atoms with Crippen molar-refractivity contribution in [1.82, 2.24) is 9.80 Å². The Hall–Kier alpha value is -1.93. The first-order valence-corrected chi connectivity index (χ1v) is 11.3. The highest BCUT2D eigenvalue weighted by atomic mass is 16.5. The van der Waals surface area contributed by atoms with Crippen LogP contribution in [0.5, 0.6) is 0 Å². The fourth-order valence-electron chi connectivity index (χ4n) is 6.14. The third-order valence-corrected chi connectivity index (χ3v) is 7.66. The molecule has 0 saturated carbocycles. The SMILES string of the molecule is C=CCN(C(=O)C1N([C@@H](CO)C(C)C)C(=O)[C@@H]2[C@H](C(=O)O)[C@]3(CC)CCC12O3)C(C)C. The molecule has 0 aromatic rings. The first-order valence-electron chi connectivity index (χ1n) is 11.3. The molecule has 8 heteroatoms. The average Bonchev–Trinajstić information content (AvgIpc) is 3.30. The van der Waals surface area contributed by atoms with Crippen LogP contribution in [0, 0.1) is 17.8 Å². The second-order valence-electron chi connectivity index (χ2n) is 9.78. The number of aliphatic hydroxyl groups is 1. The van der Waals surface area contributed by atoms with E-state index in [4.69, 9.17) is 4.74 Å². The van der Waals surface area contributed by atoms with E-state index in [9.17, 15) is 24.6 Å². The van der Waals surface area contributed by atoms with Crippen LogP contribution in [-0.4, -0.2) is 80.3 Å². The van der Waals surface area contributed by atoms with Gasteiger partial charge in [0, 0.05) is 12.6 Å². The molecule has 0 aromatic carbocycles. The van der Waals surface area contributed by atoms with E-state index in [2.05, 4.69) is 6.58 Å². The molecule has 3 heterocycles. The number of carboxylic acids is 1. The summed E-state index contributed by atoms with van der Waals surface area (Å²) in [5.41, 5.74) is -2.13. The van der Waals surface area contributed by atoms with Gasteiger partial charge >= 0.3 is 5.97 Å². The van der Waals surface area contributed by atoms with Crippen molar-refractivity contribution in [3.63, 3.8) is 0 Å². The fraction of sp³-hybridized carbons (Fsp3) is 0.783. The third kappa shape index (κ3) is 3.21. The third-order valence-electron chi connectivity index (χ3n) is 7.66. The van der Waals surface area contributed by atoms with Crippen molar-refractivity contribution in [2.45, 2.75) is 83.2 Å². The molecule has 2 amide bonds. The van der Waals surface area contributed by atoms with Crippen molar-refractivity contribution in [1.29, 1.82) is 0 Å². The second-order valence-corrected chi connectivity index (χ2v) is 9.78. The Morgan fingerprint density at radius 3 is 2.42 bits per heavy atom. The smallest absolute Gasteiger partial charge is 0.310 e. The lowest BCUT2D eigenvalue weighted by Crippen LogP contribution is -2.60. The first-order chi connectivity index (χ1) is 14.5. The lowest BCUT2D eigenvalue weighted by molar-refractivity contribution is -0.161. The van der Waals surface area contributed by atoms with Crippen LogP contribution in [0.2, 0.25) is 0 Å². The molecule has 174 valence electrons. The standard InChI is InChI=1S/C23H36N2O6/c1-7-11-24(14(5)6)20(28)18-23-10-9-22(8-2,31-23)17(21(29)30)16(23)19(27)25(18)15(12-26)13(3)4/h7,13-18,26H,1,8-12H2,2-6H3,(H,29,30)/t15-,16-,17+,18?,22-,23?/m0/s1. The Labute approximate surface area is 184 Å². The zero-order valence-electron chi connectivity index (χ0n) is 19.2. The summed E-state index contributed by atoms with van der Waals surface area (Å²) in [6.07, 6.45) is 3.05. The Morgan fingerprint density at radius 1 is 1.32 bits per heavy atom. The zero-order valence-corrected chi connectivity index (χ0v) is 19.2. The van der Waals surface area contributed by atoms with Crippen LogP contribution in [0.25, 0.3) is 0 Å². The van der Waals surface area contributed by atoms with Gasteiger partial charge in [0.2, 0.25) is 11.8 Å². The van der Waals surface area contributed by atoms with Crippen LogP contribution in [0.1, 0.15) is 53.9 Å². The maximum atomic E-state index is 13.9. The van der Waals surface area contributed by atoms with Gasteiger partial charge in [0.05, 0.1) is 24.2 Å². The average molecular weight is 437 g/mol. The molecule has 3 fully saturated rings. The minimum absolute atomic E-state index is 0.119. The summed E-state index contributed by atoms with van der Waals surface area (Å²) in [6.45, 7) is 13.2. The van der Waals surface area contributed by atoms with Crippen molar-refractivity contribution in [2.75, 3.05) is 13.2 Å². The number of carbonyl (C=O) groups is 3.